The fourth-order valence-corrected chi connectivity index (χ4v) is 3.95. The van der Waals surface area contributed by atoms with Crippen molar-refractivity contribution in [2.45, 2.75) is 38.8 Å². The molecule has 0 saturated carbocycles. The molecule has 1 aliphatic carbocycles. The molecule has 0 aliphatic heterocycles. The van der Waals surface area contributed by atoms with Gasteiger partial charge in [-0.15, -0.1) is 0 Å². The first kappa shape index (κ1) is 18.4. The molecule has 5 heteroatoms. The van der Waals surface area contributed by atoms with Crippen LogP contribution in [-0.2, 0) is 6.54 Å². The van der Waals surface area contributed by atoms with Crippen LogP contribution in [0.1, 0.15) is 34.9 Å². The number of pyridine rings is 1. The third-order valence-corrected chi connectivity index (χ3v) is 5.40. The van der Waals surface area contributed by atoms with Gasteiger partial charge in [-0.1, -0.05) is 30.4 Å². The van der Waals surface area contributed by atoms with Crippen molar-refractivity contribution in [2.75, 3.05) is 7.11 Å². The fraction of sp³-hybridized carbons (Fsp3) is 0.304. The predicted molar refractivity (Wildman–Crippen MR) is 111 cm³/mol. The molecule has 1 aliphatic rings. The van der Waals surface area contributed by atoms with Crippen molar-refractivity contribution in [3.63, 3.8) is 0 Å². The second-order valence-corrected chi connectivity index (χ2v) is 7.25. The van der Waals surface area contributed by atoms with E-state index in [1.807, 2.05) is 35.0 Å². The summed E-state index contributed by atoms with van der Waals surface area (Å²) in [6.07, 6.45) is 7.45. The average molecular weight is 374 g/mol. The monoisotopic (exact) mass is 374 g/mol. The summed E-state index contributed by atoms with van der Waals surface area (Å²) in [6, 6.07) is 14.5. The number of aromatic nitrogens is 3. The molecule has 1 N–H and O–H groups in total. The quantitative estimate of drug-likeness (QED) is 0.660. The van der Waals surface area contributed by atoms with Gasteiger partial charge in [-0.05, 0) is 50.1 Å². The minimum atomic E-state index is 0.365. The lowest BCUT2D eigenvalue weighted by Crippen LogP contribution is -2.25. The van der Waals surface area contributed by atoms with Gasteiger partial charge in [-0.2, -0.15) is 5.10 Å². The molecule has 3 aromatic rings. The topological polar surface area (TPSA) is 52.0 Å². The molecule has 0 amide bonds. The molecular formula is C23H26N4O. The van der Waals surface area contributed by atoms with Crippen molar-refractivity contribution in [2.24, 2.45) is 0 Å². The standard InChI is InChI=1S/C23H26N4O/c1-16-23(17(2)27(26-16)22-6-4-5-13-24-22)19-9-10-20(14-19)25-15-18-7-11-21(28-3)12-8-18/h4-13,19-20,25H,14-15H2,1-3H3/t19-,20+/m0/s1. The molecular weight excluding hydrogens is 348 g/mol. The normalized spacial score (nSPS) is 18.5. The second-order valence-electron chi connectivity index (χ2n) is 7.25. The first-order valence-electron chi connectivity index (χ1n) is 9.68. The Kier molecular flexibility index (Phi) is 5.26. The lowest BCUT2D eigenvalue weighted by Gasteiger charge is -2.15. The van der Waals surface area contributed by atoms with Gasteiger partial charge in [0.05, 0.1) is 12.8 Å². The highest BCUT2D eigenvalue weighted by molar-refractivity contribution is 5.38. The molecule has 0 fully saturated rings. The Balaban J connectivity index is 1.43. The maximum Gasteiger partial charge on any atom is 0.153 e. The second kappa shape index (κ2) is 7.98. The number of methoxy groups -OCH3 is 1. The van der Waals surface area contributed by atoms with Crippen molar-refractivity contribution in [3.05, 3.63) is 83.3 Å². The zero-order valence-corrected chi connectivity index (χ0v) is 16.6. The summed E-state index contributed by atoms with van der Waals surface area (Å²) in [7, 11) is 1.69. The van der Waals surface area contributed by atoms with Crippen LogP contribution < -0.4 is 10.1 Å². The van der Waals surface area contributed by atoms with Crippen molar-refractivity contribution < 1.29 is 4.74 Å². The molecule has 2 atom stereocenters. The molecule has 28 heavy (non-hydrogen) atoms. The molecule has 0 saturated heterocycles. The maximum absolute atomic E-state index is 5.22. The Morgan fingerprint density at radius 2 is 1.93 bits per heavy atom. The summed E-state index contributed by atoms with van der Waals surface area (Å²) in [6.45, 7) is 5.07. The lowest BCUT2D eigenvalue weighted by atomic mass is 9.96. The van der Waals surface area contributed by atoms with Crippen LogP contribution in [0.25, 0.3) is 5.82 Å². The summed E-state index contributed by atoms with van der Waals surface area (Å²) in [5.41, 5.74) is 4.82. The molecule has 1 aromatic carbocycles. The SMILES string of the molecule is COc1ccc(CN[C@@H]2C=C[C@H](c3c(C)nn(-c4ccccn4)c3C)C2)cc1. The number of hydrogen-bond acceptors (Lipinski definition) is 4. The van der Waals surface area contributed by atoms with Crippen LogP contribution in [0.5, 0.6) is 5.75 Å². The Morgan fingerprint density at radius 3 is 2.64 bits per heavy atom. The molecule has 0 radical (unpaired) electrons. The predicted octanol–water partition coefficient (Wildman–Crippen LogP) is 4.09. The highest BCUT2D eigenvalue weighted by Crippen LogP contribution is 2.33. The van der Waals surface area contributed by atoms with Gasteiger partial charge >= 0.3 is 0 Å². The molecule has 4 rings (SSSR count). The van der Waals surface area contributed by atoms with E-state index < -0.39 is 0 Å². The minimum absolute atomic E-state index is 0.365. The number of allylic oxidation sites excluding steroid dienone is 1. The summed E-state index contributed by atoms with van der Waals surface area (Å²) in [4.78, 5) is 4.44. The Bertz CT molecular complexity index is 960. The van der Waals surface area contributed by atoms with Crippen molar-refractivity contribution in [1.29, 1.82) is 0 Å². The summed E-state index contributed by atoms with van der Waals surface area (Å²) in [5, 5.41) is 8.39. The van der Waals surface area contributed by atoms with E-state index in [4.69, 9.17) is 9.84 Å². The van der Waals surface area contributed by atoms with Gasteiger partial charge in [0.1, 0.15) is 5.75 Å². The van der Waals surface area contributed by atoms with Crippen LogP contribution in [0.2, 0.25) is 0 Å². The molecule has 0 unspecified atom stereocenters. The van der Waals surface area contributed by atoms with Crippen LogP contribution in [0.15, 0.2) is 60.8 Å². The van der Waals surface area contributed by atoms with Crippen LogP contribution >= 0.6 is 0 Å². The molecule has 2 heterocycles. The Hall–Kier alpha value is -2.92. The number of rotatable bonds is 6. The van der Waals surface area contributed by atoms with E-state index in [9.17, 15) is 0 Å². The number of nitrogens with zero attached hydrogens (tertiary/aromatic N) is 3. The highest BCUT2D eigenvalue weighted by atomic mass is 16.5. The molecule has 2 aromatic heterocycles. The Labute approximate surface area is 166 Å². The third kappa shape index (κ3) is 3.71. The van der Waals surface area contributed by atoms with Gasteiger partial charge in [0, 0.05) is 36.0 Å². The molecule has 0 spiro atoms. The van der Waals surface area contributed by atoms with Crippen molar-refractivity contribution in [1.82, 2.24) is 20.1 Å². The molecule has 5 nitrogen and oxygen atoms in total. The number of ether oxygens (including phenoxy) is 1. The van der Waals surface area contributed by atoms with Crippen LogP contribution in [0.3, 0.4) is 0 Å². The van der Waals surface area contributed by atoms with Crippen LogP contribution in [-0.4, -0.2) is 27.9 Å². The van der Waals surface area contributed by atoms with E-state index in [0.29, 0.717) is 12.0 Å². The van der Waals surface area contributed by atoms with E-state index in [0.717, 1.165) is 30.2 Å². The van der Waals surface area contributed by atoms with Gasteiger partial charge in [-0.3, -0.25) is 0 Å². The summed E-state index contributed by atoms with van der Waals surface area (Å²) in [5.74, 6) is 2.14. The maximum atomic E-state index is 5.22. The lowest BCUT2D eigenvalue weighted by molar-refractivity contribution is 0.414. The van der Waals surface area contributed by atoms with Crippen molar-refractivity contribution >= 4 is 0 Å². The van der Waals surface area contributed by atoms with Gasteiger partial charge in [0.15, 0.2) is 5.82 Å². The van der Waals surface area contributed by atoms with E-state index in [-0.39, 0.29) is 0 Å². The largest absolute Gasteiger partial charge is 0.497 e. The highest BCUT2D eigenvalue weighted by Gasteiger charge is 2.26. The van der Waals surface area contributed by atoms with E-state index in [1.165, 1.54) is 16.8 Å². The summed E-state index contributed by atoms with van der Waals surface area (Å²) < 4.78 is 7.18. The van der Waals surface area contributed by atoms with Crippen LogP contribution in [0.4, 0.5) is 0 Å². The fourth-order valence-electron chi connectivity index (χ4n) is 3.95. The molecule has 144 valence electrons. The van der Waals surface area contributed by atoms with Gasteiger partial charge < -0.3 is 10.1 Å². The zero-order valence-electron chi connectivity index (χ0n) is 16.6. The Morgan fingerprint density at radius 1 is 1.11 bits per heavy atom. The van der Waals surface area contributed by atoms with Gasteiger partial charge in [-0.25, -0.2) is 9.67 Å². The zero-order chi connectivity index (χ0) is 19.5. The van der Waals surface area contributed by atoms with Crippen molar-refractivity contribution in [3.8, 4) is 11.6 Å². The first-order valence-corrected chi connectivity index (χ1v) is 9.68. The number of aryl methyl sites for hydroxylation is 1. The van der Waals surface area contributed by atoms with E-state index in [2.05, 4.69) is 48.4 Å². The van der Waals surface area contributed by atoms with Crippen LogP contribution in [0, 0.1) is 13.8 Å². The van der Waals surface area contributed by atoms with Gasteiger partial charge in [0.2, 0.25) is 0 Å². The van der Waals surface area contributed by atoms with E-state index in [1.54, 1.807) is 13.3 Å². The number of benzene rings is 1. The van der Waals surface area contributed by atoms with E-state index >= 15 is 0 Å². The number of nitrogens with one attached hydrogen (secondary N) is 1. The molecule has 0 bridgehead atoms. The average Bonchev–Trinajstić information content (AvgIpc) is 3.31. The van der Waals surface area contributed by atoms with Gasteiger partial charge in [0.25, 0.3) is 0 Å². The minimum Gasteiger partial charge on any atom is -0.497 e. The third-order valence-electron chi connectivity index (χ3n) is 5.40. The smallest absolute Gasteiger partial charge is 0.153 e. The number of hydrogen-bond donors (Lipinski definition) is 1. The summed E-state index contributed by atoms with van der Waals surface area (Å²) >= 11 is 0. The first-order chi connectivity index (χ1) is 13.7.